The fraction of sp³-hybridized carbons (Fsp3) is 1.00. The summed E-state index contributed by atoms with van der Waals surface area (Å²) in [6.07, 6.45) is 2.47. The standard InChI is InChI=1S/2C6H16N2.2C5H14N2.2C4H11N.2C3H9N.6B.12H2/c2*1-4-8(3)6-5-7-2;2*1-3-7(2)5-4-6;2*1-3-4-5-2;2*1-3-4-2;;;;;;;;;;;;;;;;;;/h2*7H,4-6H2,1-3H3;2*3-6H2,1-2H3;2*5H,3-4H2,1-2H3;2*4H,3H2,1-2H3;;;;;;;12*1H/i;;;;;;;;;;;;;;6*1+1D;6*1+1. The van der Waals surface area contributed by atoms with Crippen LogP contribution in [0.4, 0.5) is 0 Å². The number of nitrogens with zero attached hydrogens (tertiary/aromatic N) is 4. The normalized spacial score (nSPS) is 9.33. The van der Waals surface area contributed by atoms with Crippen LogP contribution in [0, 0.1) is 0 Å². The van der Waals surface area contributed by atoms with Crippen molar-refractivity contribution in [1.29, 1.82) is 0 Å². The third-order valence-corrected chi connectivity index (χ3v) is 6.38. The second-order valence-electron chi connectivity index (χ2n) is 11.0. The zero-order valence-corrected chi connectivity index (χ0v) is 40.1. The Labute approximate surface area is 383 Å². The summed E-state index contributed by atoms with van der Waals surface area (Å²) >= 11 is 0. The molecular weight excluding hydrogens is 665 g/mol. The van der Waals surface area contributed by atoms with Gasteiger partial charge in [-0.25, -0.2) is 0 Å². The maximum absolute atomic E-state index is 5.26. The average Bonchev–Trinajstić information content (AvgIpc) is 3.33. The lowest BCUT2D eigenvalue weighted by molar-refractivity contribution is 0.354. The topological polar surface area (TPSA) is 137 Å². The van der Waals surface area contributed by atoms with Crippen molar-refractivity contribution in [2.24, 2.45) is 11.5 Å². The van der Waals surface area contributed by atoms with E-state index < -0.39 is 0 Å². The van der Waals surface area contributed by atoms with Gasteiger partial charge >= 0.3 is 0 Å². The molecule has 0 saturated carbocycles. The molecule has 0 spiro atoms. The molecular formula is C36H124B6N12. The molecule has 10 N–H and O–H groups in total. The van der Waals surface area contributed by atoms with E-state index in [0.29, 0.717) is 0 Å². The SMILES string of the molecule is CCCNC.CCCNC.CCN(C)CCN.CCN(C)CCN.CCN(C)CCNC.CCN(C)CCNC.CCNC.CCNC.[2HH].[2HH].[2HH].[2HH].[2HH].[2HH].[2H][2H].[2H][2H].[2H][2H].[2H][2H].[2H][2H].[2H][2H].[B].[B].[B].[B].[B].[B]. The first-order chi connectivity index (χ1) is 28.9. The van der Waals surface area contributed by atoms with Crippen LogP contribution in [0.1, 0.15) is 94.6 Å². The molecule has 0 aliphatic carbocycles. The number of nitrogens with two attached hydrogens (primary N) is 2. The molecule has 18 radical (unpaired) electrons. The van der Waals surface area contributed by atoms with Gasteiger partial charge in [-0.1, -0.05) is 55.4 Å². The summed E-state index contributed by atoms with van der Waals surface area (Å²) in [6, 6.07) is 0. The maximum atomic E-state index is 5.26. The number of hydrogen-bond acceptors (Lipinski definition) is 12. The lowest BCUT2D eigenvalue weighted by Crippen LogP contribution is -2.26. The molecule has 0 bridgehead atoms. The largest absolute Gasteiger partial charge is 0.329 e. The summed E-state index contributed by atoms with van der Waals surface area (Å²) in [6.45, 7) is 33.9. The van der Waals surface area contributed by atoms with E-state index in [1.165, 1.54) is 12.8 Å². The van der Waals surface area contributed by atoms with Gasteiger partial charge in [0.1, 0.15) is 0 Å². The van der Waals surface area contributed by atoms with E-state index in [1.54, 1.807) is 0 Å². The fourth-order valence-corrected chi connectivity index (χ4v) is 2.18. The quantitative estimate of drug-likeness (QED) is 0.0860. The van der Waals surface area contributed by atoms with Gasteiger partial charge in [0.05, 0.1) is 0 Å². The van der Waals surface area contributed by atoms with Crippen LogP contribution in [0.2, 0.25) is 0 Å². The third kappa shape index (κ3) is 173. The summed E-state index contributed by atoms with van der Waals surface area (Å²) < 4.78 is 60.0. The van der Waals surface area contributed by atoms with E-state index in [0.717, 1.165) is 105 Å². The number of rotatable bonds is 20. The smallest absolute Gasteiger partial charge is 0.0104 e. The van der Waals surface area contributed by atoms with E-state index >= 15 is 0 Å². The molecule has 0 aromatic heterocycles. The molecule has 0 fully saturated rings. The van der Waals surface area contributed by atoms with Crippen molar-refractivity contribution in [3.8, 4) is 0 Å². The van der Waals surface area contributed by atoms with Gasteiger partial charge in [0.2, 0.25) is 0 Å². The minimum absolute atomic E-state index is 0. The van der Waals surface area contributed by atoms with Gasteiger partial charge in [0, 0.05) is 129 Å². The minimum Gasteiger partial charge on any atom is -0.329 e. The Bertz CT molecular complexity index is 453. The Morgan fingerprint density at radius 2 is 0.556 bits per heavy atom. The molecule has 12 nitrogen and oxygen atoms in total. The fourth-order valence-electron chi connectivity index (χ4n) is 2.18. The zero-order chi connectivity index (χ0) is 51.3. The van der Waals surface area contributed by atoms with Crippen LogP contribution in [0.5, 0.6) is 0 Å². The van der Waals surface area contributed by atoms with Gasteiger partial charge < -0.3 is 63.0 Å². The van der Waals surface area contributed by atoms with Crippen molar-refractivity contribution < 1.29 is 26.4 Å². The van der Waals surface area contributed by atoms with Crippen molar-refractivity contribution in [2.75, 3.05) is 175 Å². The van der Waals surface area contributed by atoms with Crippen molar-refractivity contribution >= 4 is 50.5 Å². The lowest BCUT2D eigenvalue weighted by Gasteiger charge is -2.11. The van der Waals surface area contributed by atoms with Crippen LogP contribution in [0.15, 0.2) is 0 Å². The van der Waals surface area contributed by atoms with Gasteiger partial charge in [-0.2, -0.15) is 0 Å². The molecule has 0 heterocycles. The average molecular weight is 808 g/mol. The highest BCUT2D eigenvalue weighted by Crippen LogP contribution is 1.77. The lowest BCUT2D eigenvalue weighted by atomic mass is 10.5. The number of nitrogens with one attached hydrogen (secondary N) is 6. The van der Waals surface area contributed by atoms with Gasteiger partial charge in [0.25, 0.3) is 0 Å². The second-order valence-corrected chi connectivity index (χ2v) is 11.0. The first kappa shape index (κ1) is 71.6. The van der Waals surface area contributed by atoms with Crippen LogP contribution in [0.3, 0.4) is 0 Å². The molecule has 0 aliphatic heterocycles. The summed E-state index contributed by atoms with van der Waals surface area (Å²) in [5, 5.41) is 18.1. The highest BCUT2D eigenvalue weighted by Gasteiger charge is 1.90. The van der Waals surface area contributed by atoms with Crippen molar-refractivity contribution in [3.63, 3.8) is 0 Å². The van der Waals surface area contributed by atoms with Gasteiger partial charge in [-0.3, -0.25) is 0 Å². The molecule has 54 heavy (non-hydrogen) atoms. The Morgan fingerprint density at radius 1 is 0.370 bits per heavy atom. The van der Waals surface area contributed by atoms with Crippen molar-refractivity contribution in [2.45, 2.75) is 68.2 Å². The van der Waals surface area contributed by atoms with Gasteiger partial charge in [-0.15, -0.1) is 0 Å². The number of hydrogen-bond donors (Lipinski definition) is 8. The first-order valence-corrected chi connectivity index (χ1v) is 18.9. The first-order valence-electron chi connectivity index (χ1n) is 24.9. The predicted molar refractivity (Wildman–Crippen MR) is 286 cm³/mol. The van der Waals surface area contributed by atoms with Crippen molar-refractivity contribution in [1.82, 2.24) is 51.5 Å². The Hall–Kier alpha value is -0.0904. The highest BCUT2D eigenvalue weighted by molar-refractivity contribution is 5.76. The van der Waals surface area contributed by atoms with Crippen LogP contribution < -0.4 is 43.4 Å². The predicted octanol–water partition coefficient (Wildman–Crippen LogP) is 2.46. The van der Waals surface area contributed by atoms with E-state index in [4.69, 9.17) is 29.3 Å². The number of likely N-dealkylation sites (N-methyl/N-ethyl adjacent to an activating group) is 6. The Balaban J connectivity index is -0.0000000134. The summed E-state index contributed by atoms with van der Waals surface area (Å²) in [5.41, 5.74) is 10.5. The van der Waals surface area contributed by atoms with Crippen LogP contribution in [0.25, 0.3) is 0 Å². The zero-order valence-electron chi connectivity index (χ0n) is 52.1. The molecule has 346 valence electrons. The molecule has 0 saturated heterocycles. The maximum Gasteiger partial charge on any atom is 0.0104 e. The second kappa shape index (κ2) is 111. The monoisotopic (exact) mass is 809 g/mol. The minimum atomic E-state index is 0. The van der Waals surface area contributed by atoms with Crippen molar-refractivity contribution in [3.05, 3.63) is 0 Å². The molecule has 18 heteroatoms. The Kier molecular flexibility index (Phi) is 147. The summed E-state index contributed by atoms with van der Waals surface area (Å²) in [7, 11) is 20.1. The van der Waals surface area contributed by atoms with E-state index in [-0.39, 0.29) is 59.0 Å². The molecule has 0 aromatic rings. The van der Waals surface area contributed by atoms with E-state index in [2.05, 4.69) is 135 Å². The summed E-state index contributed by atoms with van der Waals surface area (Å²) in [4.78, 5) is 8.91. The molecule has 0 aromatic carbocycles. The van der Waals surface area contributed by atoms with Gasteiger partial charge in [0.15, 0.2) is 0 Å². The highest BCUT2D eigenvalue weighted by atomic mass is 15.1. The van der Waals surface area contributed by atoms with E-state index in [1.807, 2.05) is 42.3 Å². The summed E-state index contributed by atoms with van der Waals surface area (Å²) in [5.74, 6) is 0. The Morgan fingerprint density at radius 3 is 0.630 bits per heavy atom. The molecule has 0 rings (SSSR count). The van der Waals surface area contributed by atoms with Crippen LogP contribution >= 0.6 is 0 Å². The van der Waals surface area contributed by atoms with Crippen LogP contribution in [-0.4, -0.2) is 245 Å². The molecule has 0 amide bonds. The van der Waals surface area contributed by atoms with Gasteiger partial charge in [-0.05, 0) is 136 Å². The molecule has 0 atom stereocenters. The van der Waals surface area contributed by atoms with E-state index in [9.17, 15) is 0 Å². The molecule has 0 aliphatic rings. The molecule has 0 unspecified atom stereocenters. The van der Waals surface area contributed by atoms with Crippen LogP contribution in [-0.2, 0) is 0 Å². The third-order valence-electron chi connectivity index (χ3n) is 6.38.